The molecule has 4 aromatic rings. The first-order valence-electron chi connectivity index (χ1n) is 9.33. The molecule has 0 spiro atoms. The molecule has 0 aliphatic carbocycles. The number of thiophene rings is 1. The molecule has 4 rings (SSSR count). The number of carbonyl (C=O) groups is 2. The maximum absolute atomic E-state index is 12.1. The Morgan fingerprint density at radius 3 is 2.63 bits per heavy atom. The second-order valence-corrected chi connectivity index (χ2v) is 7.56. The summed E-state index contributed by atoms with van der Waals surface area (Å²) in [5.74, 6) is -0.641. The highest BCUT2D eigenvalue weighted by atomic mass is 32.1. The normalized spacial score (nSPS) is 11.9. The lowest BCUT2D eigenvalue weighted by atomic mass is 10.1. The van der Waals surface area contributed by atoms with Crippen molar-refractivity contribution in [1.82, 2.24) is 5.32 Å². The highest BCUT2D eigenvalue weighted by molar-refractivity contribution is 7.08. The highest BCUT2D eigenvalue weighted by Gasteiger charge is 2.21. The van der Waals surface area contributed by atoms with Crippen molar-refractivity contribution in [3.05, 3.63) is 82.7 Å². The number of carboxylic acid groups (broad SMARTS) is 1. The molecule has 152 valence electrons. The molecule has 0 bridgehead atoms. The SMILES string of the molecule is O=C(N[C@H](Cc1ccccc1)C(=O)O)OCc1cc2cc(-c3ccsc3)ccc2o1. The van der Waals surface area contributed by atoms with Gasteiger partial charge in [-0.15, -0.1) is 0 Å². The molecule has 1 atom stereocenters. The molecular formula is C23H19NO5S. The maximum Gasteiger partial charge on any atom is 0.408 e. The molecule has 2 heterocycles. The Bertz CT molecular complexity index is 1150. The second-order valence-electron chi connectivity index (χ2n) is 6.78. The Morgan fingerprint density at radius 2 is 1.90 bits per heavy atom. The van der Waals surface area contributed by atoms with Gasteiger partial charge in [0.05, 0.1) is 0 Å². The van der Waals surface area contributed by atoms with Crippen LogP contribution in [-0.2, 0) is 22.6 Å². The van der Waals surface area contributed by atoms with Gasteiger partial charge in [-0.05, 0) is 51.7 Å². The van der Waals surface area contributed by atoms with E-state index in [2.05, 4.69) is 16.8 Å². The van der Waals surface area contributed by atoms with Crippen molar-refractivity contribution in [2.24, 2.45) is 0 Å². The Hall–Kier alpha value is -3.58. The second kappa shape index (κ2) is 8.84. The summed E-state index contributed by atoms with van der Waals surface area (Å²) in [7, 11) is 0. The molecule has 2 aromatic heterocycles. The van der Waals surface area contributed by atoms with Gasteiger partial charge in [-0.3, -0.25) is 0 Å². The number of aliphatic carboxylic acids is 1. The minimum atomic E-state index is -1.12. The van der Waals surface area contributed by atoms with E-state index in [1.165, 1.54) is 0 Å². The monoisotopic (exact) mass is 421 g/mol. The van der Waals surface area contributed by atoms with Crippen LogP contribution in [0.1, 0.15) is 11.3 Å². The van der Waals surface area contributed by atoms with Gasteiger partial charge in [-0.25, -0.2) is 9.59 Å². The number of hydrogen-bond donors (Lipinski definition) is 2. The van der Waals surface area contributed by atoms with E-state index in [0.29, 0.717) is 11.3 Å². The van der Waals surface area contributed by atoms with Gasteiger partial charge in [0.2, 0.25) is 0 Å². The molecule has 0 saturated carbocycles. The Balaban J connectivity index is 1.38. The number of nitrogens with one attached hydrogen (secondary N) is 1. The van der Waals surface area contributed by atoms with Crippen LogP contribution < -0.4 is 5.32 Å². The standard InChI is InChI=1S/C23H19NO5S/c25-22(26)20(10-15-4-2-1-3-5-15)24-23(27)28-13-19-12-18-11-16(6-7-21(18)29-19)17-8-9-30-14-17/h1-9,11-12,14,20H,10,13H2,(H,24,27)(H,25,26)/t20-/m1/s1. The number of rotatable bonds is 7. The zero-order valence-electron chi connectivity index (χ0n) is 15.9. The Morgan fingerprint density at radius 1 is 1.07 bits per heavy atom. The number of carbonyl (C=O) groups excluding carboxylic acids is 1. The van der Waals surface area contributed by atoms with Crippen LogP contribution in [0, 0.1) is 0 Å². The molecule has 0 fully saturated rings. The van der Waals surface area contributed by atoms with Gasteiger partial charge < -0.3 is 19.6 Å². The number of amides is 1. The molecule has 0 radical (unpaired) electrons. The largest absolute Gasteiger partial charge is 0.480 e. The first-order valence-corrected chi connectivity index (χ1v) is 10.3. The van der Waals surface area contributed by atoms with Gasteiger partial charge in [0, 0.05) is 11.8 Å². The van der Waals surface area contributed by atoms with Crippen LogP contribution in [0.5, 0.6) is 0 Å². The molecule has 0 saturated heterocycles. The summed E-state index contributed by atoms with van der Waals surface area (Å²) >= 11 is 1.63. The number of furan rings is 1. The van der Waals surface area contributed by atoms with Crippen LogP contribution in [0.15, 0.2) is 75.8 Å². The molecule has 1 amide bonds. The molecule has 0 aliphatic rings. The van der Waals surface area contributed by atoms with Crippen LogP contribution in [0.3, 0.4) is 0 Å². The first-order chi connectivity index (χ1) is 14.6. The van der Waals surface area contributed by atoms with Crippen LogP contribution in [0.25, 0.3) is 22.1 Å². The molecule has 7 heteroatoms. The van der Waals surface area contributed by atoms with E-state index in [1.54, 1.807) is 11.3 Å². The lowest BCUT2D eigenvalue weighted by molar-refractivity contribution is -0.139. The average Bonchev–Trinajstić information content (AvgIpc) is 3.41. The van der Waals surface area contributed by atoms with Crippen molar-refractivity contribution in [1.29, 1.82) is 0 Å². The van der Waals surface area contributed by atoms with E-state index in [1.807, 2.05) is 60.0 Å². The lowest BCUT2D eigenvalue weighted by Crippen LogP contribution is -2.42. The van der Waals surface area contributed by atoms with Crippen molar-refractivity contribution in [2.45, 2.75) is 19.1 Å². The van der Waals surface area contributed by atoms with Crippen LogP contribution >= 0.6 is 11.3 Å². The Labute approximate surface area is 176 Å². The number of benzene rings is 2. The van der Waals surface area contributed by atoms with E-state index < -0.39 is 18.1 Å². The third kappa shape index (κ3) is 4.69. The average molecular weight is 421 g/mol. The van der Waals surface area contributed by atoms with Crippen molar-refractivity contribution < 1.29 is 23.8 Å². The van der Waals surface area contributed by atoms with E-state index >= 15 is 0 Å². The highest BCUT2D eigenvalue weighted by Crippen LogP contribution is 2.28. The lowest BCUT2D eigenvalue weighted by Gasteiger charge is -2.14. The molecule has 6 nitrogen and oxygen atoms in total. The summed E-state index contributed by atoms with van der Waals surface area (Å²) in [4.78, 5) is 23.6. The smallest absolute Gasteiger partial charge is 0.408 e. The van der Waals surface area contributed by atoms with Gasteiger partial charge >= 0.3 is 12.1 Å². The van der Waals surface area contributed by atoms with Crippen LogP contribution in [0.4, 0.5) is 4.79 Å². The minimum absolute atomic E-state index is 0.0913. The van der Waals surface area contributed by atoms with E-state index in [0.717, 1.165) is 22.1 Å². The fourth-order valence-corrected chi connectivity index (χ4v) is 3.81. The molecule has 0 aliphatic heterocycles. The zero-order valence-corrected chi connectivity index (χ0v) is 16.7. The van der Waals surface area contributed by atoms with Crippen molar-refractivity contribution >= 4 is 34.4 Å². The van der Waals surface area contributed by atoms with Crippen molar-refractivity contribution in [3.8, 4) is 11.1 Å². The first kappa shape index (κ1) is 19.7. The van der Waals surface area contributed by atoms with E-state index in [9.17, 15) is 14.7 Å². The van der Waals surface area contributed by atoms with E-state index in [-0.39, 0.29) is 13.0 Å². The van der Waals surface area contributed by atoms with Gasteiger partial charge in [-0.2, -0.15) is 11.3 Å². The van der Waals surface area contributed by atoms with E-state index in [4.69, 9.17) is 9.15 Å². The van der Waals surface area contributed by atoms with Crippen molar-refractivity contribution in [2.75, 3.05) is 0 Å². The van der Waals surface area contributed by atoms with Gasteiger partial charge in [0.25, 0.3) is 0 Å². The van der Waals surface area contributed by atoms with Gasteiger partial charge in [0.15, 0.2) is 6.61 Å². The summed E-state index contributed by atoms with van der Waals surface area (Å²) < 4.78 is 10.9. The number of ether oxygens (including phenoxy) is 1. The zero-order chi connectivity index (χ0) is 20.9. The minimum Gasteiger partial charge on any atom is -0.480 e. The predicted molar refractivity (Wildman–Crippen MR) is 114 cm³/mol. The number of hydrogen-bond acceptors (Lipinski definition) is 5. The third-order valence-corrected chi connectivity index (χ3v) is 5.32. The summed E-state index contributed by atoms with van der Waals surface area (Å²) in [6.45, 7) is -0.0913. The fraction of sp³-hybridized carbons (Fsp3) is 0.130. The van der Waals surface area contributed by atoms with Crippen molar-refractivity contribution in [3.63, 3.8) is 0 Å². The topological polar surface area (TPSA) is 88.8 Å². The van der Waals surface area contributed by atoms with Crippen LogP contribution in [-0.4, -0.2) is 23.2 Å². The number of alkyl carbamates (subject to hydrolysis) is 1. The number of carboxylic acids is 1. The molecular weight excluding hydrogens is 402 g/mol. The third-order valence-electron chi connectivity index (χ3n) is 4.64. The molecule has 30 heavy (non-hydrogen) atoms. The summed E-state index contributed by atoms with van der Waals surface area (Å²) in [6, 6.07) is 17.8. The Kier molecular flexibility index (Phi) is 5.81. The fourth-order valence-electron chi connectivity index (χ4n) is 3.15. The molecule has 0 unspecified atom stereocenters. The summed E-state index contributed by atoms with van der Waals surface area (Å²) in [5.41, 5.74) is 3.72. The molecule has 2 aromatic carbocycles. The predicted octanol–water partition coefficient (Wildman–Crippen LogP) is 5.08. The summed E-state index contributed by atoms with van der Waals surface area (Å²) in [5, 5.41) is 16.8. The van der Waals surface area contributed by atoms with Crippen LogP contribution in [0.2, 0.25) is 0 Å². The quantitative estimate of drug-likeness (QED) is 0.434. The maximum atomic E-state index is 12.1. The number of fused-ring (bicyclic) bond motifs is 1. The van der Waals surface area contributed by atoms with Gasteiger partial charge in [-0.1, -0.05) is 36.4 Å². The summed E-state index contributed by atoms with van der Waals surface area (Å²) in [6.07, 6.45) is -0.640. The van der Waals surface area contributed by atoms with Gasteiger partial charge in [0.1, 0.15) is 17.4 Å². The molecule has 2 N–H and O–H groups in total.